The highest BCUT2D eigenvalue weighted by atomic mass is 32.2. The molecule has 0 amide bonds. The third-order valence-electron chi connectivity index (χ3n) is 1.46. The summed E-state index contributed by atoms with van der Waals surface area (Å²) >= 11 is 0.222. The zero-order chi connectivity index (χ0) is 10.3. The Morgan fingerprint density at radius 3 is 2.46 bits per heavy atom. The minimum atomic E-state index is 0.222. The van der Waals surface area contributed by atoms with Gasteiger partial charge in [-0.2, -0.15) is 3.89 Å². The molecule has 72 valence electrons. The van der Waals surface area contributed by atoms with Gasteiger partial charge in [0.25, 0.3) is 0 Å². The van der Waals surface area contributed by atoms with E-state index in [1.54, 1.807) is 12.1 Å². The lowest BCUT2D eigenvalue weighted by molar-refractivity contribution is 0.931. The number of nitrogens with one attached hydrogen (secondary N) is 1. The highest BCUT2D eigenvalue weighted by Gasteiger charge is 1.98. The summed E-state index contributed by atoms with van der Waals surface area (Å²) in [5.74, 6) is 0. The average molecular weight is 199 g/mol. The van der Waals surface area contributed by atoms with Gasteiger partial charge in [0.05, 0.1) is 12.1 Å². The maximum Gasteiger partial charge on any atom is 0.0815 e. The summed E-state index contributed by atoms with van der Waals surface area (Å²) in [6.45, 7) is 5.84. The average Bonchev–Trinajstić information content (AvgIpc) is 2.22. The van der Waals surface area contributed by atoms with Crippen molar-refractivity contribution in [1.82, 2.24) is 0 Å². The van der Waals surface area contributed by atoms with E-state index in [-0.39, 0.29) is 12.1 Å². The smallest absolute Gasteiger partial charge is 0.0815 e. The molecule has 0 aliphatic heterocycles. The lowest BCUT2D eigenvalue weighted by Crippen LogP contribution is -1.82. The second-order valence-electron chi connectivity index (χ2n) is 2.25. The van der Waals surface area contributed by atoms with Crippen LogP contribution < -0.4 is 0 Å². The summed E-state index contributed by atoms with van der Waals surface area (Å²) < 4.78 is 12.1. The van der Waals surface area contributed by atoms with Crippen LogP contribution >= 0.6 is 12.1 Å². The van der Waals surface area contributed by atoms with Gasteiger partial charge in [0, 0.05) is 11.1 Å². The van der Waals surface area contributed by atoms with Crippen LogP contribution in [-0.2, 0) is 0 Å². The largest absolute Gasteiger partial charge is 0.308 e. The Hall–Kier alpha value is -0.830. The van der Waals surface area contributed by atoms with Crippen LogP contribution in [0.4, 0.5) is 3.89 Å². The normalized spacial score (nSPS) is 8.62. The van der Waals surface area contributed by atoms with E-state index in [2.05, 4.69) is 0 Å². The molecule has 1 nitrogen and oxygen atoms in total. The van der Waals surface area contributed by atoms with Crippen molar-refractivity contribution >= 4 is 18.4 Å². The first-order valence-electron chi connectivity index (χ1n) is 4.17. The van der Waals surface area contributed by atoms with E-state index in [1.807, 2.05) is 26.8 Å². The molecule has 0 fully saturated rings. The summed E-state index contributed by atoms with van der Waals surface area (Å²) in [5, 5.41) is 6.93. The maximum atomic E-state index is 12.1. The van der Waals surface area contributed by atoms with E-state index in [1.165, 1.54) is 6.21 Å². The minimum absolute atomic E-state index is 0.222. The first kappa shape index (κ1) is 12.2. The Labute approximate surface area is 83.2 Å². The van der Waals surface area contributed by atoms with Crippen LogP contribution in [0, 0.1) is 12.3 Å². The van der Waals surface area contributed by atoms with E-state index < -0.39 is 0 Å². The molecule has 0 heterocycles. The molecule has 0 saturated heterocycles. The molecule has 0 radical (unpaired) electrons. The number of rotatable bonds is 2. The van der Waals surface area contributed by atoms with Crippen LogP contribution in [0.2, 0.25) is 0 Å². The van der Waals surface area contributed by atoms with Crippen molar-refractivity contribution < 1.29 is 3.89 Å². The van der Waals surface area contributed by atoms with Gasteiger partial charge in [0.1, 0.15) is 0 Å². The standard InChI is InChI=1S/C8H8FNS.C2H6/c1-6-2-3-7(5-10)4-8(6)11-9;1-2/h2-5,10H,1H3;1-2H3. The Morgan fingerprint density at radius 2 is 2.00 bits per heavy atom. The van der Waals surface area contributed by atoms with Crippen molar-refractivity contribution in [2.45, 2.75) is 25.7 Å². The molecule has 0 aromatic heterocycles. The summed E-state index contributed by atoms with van der Waals surface area (Å²) in [6.07, 6.45) is 1.21. The molecule has 3 heteroatoms. The topological polar surface area (TPSA) is 23.9 Å². The van der Waals surface area contributed by atoms with E-state index in [9.17, 15) is 3.89 Å². The van der Waals surface area contributed by atoms with Crippen LogP contribution in [0.3, 0.4) is 0 Å². The Kier molecular flexibility index (Phi) is 6.24. The molecule has 1 aromatic carbocycles. The van der Waals surface area contributed by atoms with Crippen LogP contribution in [0.25, 0.3) is 0 Å². The van der Waals surface area contributed by atoms with Crippen LogP contribution in [0.1, 0.15) is 25.0 Å². The predicted molar refractivity (Wildman–Crippen MR) is 57.4 cm³/mol. The molecule has 0 atom stereocenters. The predicted octanol–water partition coefficient (Wildman–Crippen LogP) is 4.00. The van der Waals surface area contributed by atoms with Gasteiger partial charge >= 0.3 is 0 Å². The second kappa shape index (κ2) is 6.66. The lowest BCUT2D eigenvalue weighted by atomic mass is 10.2. The van der Waals surface area contributed by atoms with E-state index >= 15 is 0 Å². The van der Waals surface area contributed by atoms with Crippen molar-refractivity contribution in [3.63, 3.8) is 0 Å². The molecule has 1 rings (SSSR count). The Bertz CT molecular complexity index is 274. The van der Waals surface area contributed by atoms with Crippen molar-refractivity contribution in [3.05, 3.63) is 29.3 Å². The van der Waals surface area contributed by atoms with Gasteiger partial charge in [-0.05, 0) is 24.1 Å². The molecule has 0 unspecified atom stereocenters. The molecular weight excluding hydrogens is 185 g/mol. The minimum Gasteiger partial charge on any atom is -0.308 e. The molecule has 0 aliphatic carbocycles. The van der Waals surface area contributed by atoms with Gasteiger partial charge in [-0.15, -0.1) is 0 Å². The summed E-state index contributed by atoms with van der Waals surface area (Å²) in [5.41, 5.74) is 1.64. The van der Waals surface area contributed by atoms with E-state index in [0.717, 1.165) is 11.1 Å². The SMILES string of the molecule is CC.Cc1ccc(C=N)cc1SF. The molecule has 0 bridgehead atoms. The summed E-state index contributed by atoms with van der Waals surface area (Å²) in [6, 6.07) is 5.26. The number of hydrogen-bond donors (Lipinski definition) is 1. The van der Waals surface area contributed by atoms with Crippen molar-refractivity contribution in [2.24, 2.45) is 0 Å². The fourth-order valence-electron chi connectivity index (χ4n) is 0.790. The highest BCUT2D eigenvalue weighted by Crippen LogP contribution is 2.23. The Balaban J connectivity index is 0.000000671. The van der Waals surface area contributed by atoms with Gasteiger partial charge in [0.2, 0.25) is 0 Å². The monoisotopic (exact) mass is 199 g/mol. The van der Waals surface area contributed by atoms with Gasteiger partial charge in [-0.1, -0.05) is 26.0 Å². The molecule has 1 N–H and O–H groups in total. The number of benzene rings is 1. The molecule has 13 heavy (non-hydrogen) atoms. The van der Waals surface area contributed by atoms with Gasteiger partial charge in [-0.25, -0.2) is 0 Å². The Morgan fingerprint density at radius 1 is 1.38 bits per heavy atom. The number of aryl methyl sites for hydroxylation is 1. The quantitative estimate of drug-likeness (QED) is 0.715. The van der Waals surface area contributed by atoms with Gasteiger partial charge in [0.15, 0.2) is 0 Å². The third-order valence-corrected chi connectivity index (χ3v) is 2.07. The lowest BCUT2D eigenvalue weighted by Gasteiger charge is -1.99. The summed E-state index contributed by atoms with van der Waals surface area (Å²) in [4.78, 5) is 0.589. The van der Waals surface area contributed by atoms with Crippen molar-refractivity contribution in [3.8, 4) is 0 Å². The highest BCUT2D eigenvalue weighted by molar-refractivity contribution is 7.94. The van der Waals surface area contributed by atoms with Crippen molar-refractivity contribution in [1.29, 1.82) is 5.41 Å². The van der Waals surface area contributed by atoms with E-state index in [0.29, 0.717) is 4.90 Å². The molecule has 0 saturated carbocycles. The maximum absolute atomic E-state index is 12.1. The van der Waals surface area contributed by atoms with Gasteiger partial charge < -0.3 is 5.41 Å². The van der Waals surface area contributed by atoms with Crippen LogP contribution in [-0.4, -0.2) is 6.21 Å². The molecule has 1 aromatic rings. The van der Waals surface area contributed by atoms with Crippen molar-refractivity contribution in [2.75, 3.05) is 0 Å². The number of hydrogen-bond acceptors (Lipinski definition) is 2. The molecular formula is C10H14FNS. The molecule has 0 aliphatic rings. The zero-order valence-electron chi connectivity index (χ0n) is 8.10. The number of halogens is 1. The first-order valence-corrected chi connectivity index (χ1v) is 4.89. The zero-order valence-corrected chi connectivity index (χ0v) is 8.91. The fraction of sp³-hybridized carbons (Fsp3) is 0.300. The second-order valence-corrected chi connectivity index (χ2v) is 2.84. The third kappa shape index (κ3) is 3.59. The van der Waals surface area contributed by atoms with E-state index in [4.69, 9.17) is 5.41 Å². The summed E-state index contributed by atoms with van der Waals surface area (Å²) in [7, 11) is 0. The van der Waals surface area contributed by atoms with Gasteiger partial charge in [-0.3, -0.25) is 0 Å². The fourth-order valence-corrected chi connectivity index (χ4v) is 1.16. The van der Waals surface area contributed by atoms with Crippen LogP contribution in [0.5, 0.6) is 0 Å². The molecule has 0 spiro atoms. The first-order chi connectivity index (χ1) is 6.27. The van der Waals surface area contributed by atoms with Crippen LogP contribution in [0.15, 0.2) is 23.1 Å².